The van der Waals surface area contributed by atoms with Crippen LogP contribution in [0.25, 0.3) is 11.4 Å². The minimum absolute atomic E-state index is 0.0368. The van der Waals surface area contributed by atoms with Gasteiger partial charge >= 0.3 is 0 Å². The van der Waals surface area contributed by atoms with Gasteiger partial charge in [-0.15, -0.1) is 10.2 Å². The van der Waals surface area contributed by atoms with Crippen molar-refractivity contribution < 1.29 is 4.79 Å². The maximum atomic E-state index is 12.7. The van der Waals surface area contributed by atoms with Crippen LogP contribution < -0.4 is 5.32 Å². The number of hydrogen-bond donors (Lipinski definition) is 1. The Balaban J connectivity index is 1.52. The fraction of sp³-hybridized carbons (Fsp3) is 0.333. The van der Waals surface area contributed by atoms with Crippen LogP contribution in [0.1, 0.15) is 36.9 Å². The average Bonchev–Trinajstić information content (AvgIpc) is 3.44. The van der Waals surface area contributed by atoms with E-state index in [9.17, 15) is 4.79 Å². The molecule has 1 amide bonds. The molecule has 28 heavy (non-hydrogen) atoms. The Bertz CT molecular complexity index is 997. The molecule has 4 rings (SSSR count). The summed E-state index contributed by atoms with van der Waals surface area (Å²) in [6.45, 7) is 5.95. The van der Waals surface area contributed by atoms with Crippen LogP contribution in [0.3, 0.4) is 0 Å². The van der Waals surface area contributed by atoms with Crippen molar-refractivity contribution in [1.29, 1.82) is 0 Å². The highest BCUT2D eigenvalue weighted by Crippen LogP contribution is 2.41. The van der Waals surface area contributed by atoms with Gasteiger partial charge in [-0.05, 0) is 57.4 Å². The number of carbonyl (C=O) groups is 1. The molecule has 2 aromatic heterocycles. The minimum Gasteiger partial charge on any atom is -0.325 e. The van der Waals surface area contributed by atoms with E-state index in [1.54, 1.807) is 12.4 Å². The Morgan fingerprint density at radius 3 is 2.75 bits per heavy atom. The zero-order chi connectivity index (χ0) is 19.7. The third-order valence-corrected chi connectivity index (χ3v) is 5.84. The van der Waals surface area contributed by atoms with Gasteiger partial charge in [0.05, 0.1) is 5.25 Å². The molecule has 0 spiro atoms. The number of rotatable bonds is 6. The minimum atomic E-state index is -0.288. The molecule has 7 heteroatoms. The highest BCUT2D eigenvalue weighted by molar-refractivity contribution is 8.00. The number of benzene rings is 1. The summed E-state index contributed by atoms with van der Waals surface area (Å²) in [6.07, 6.45) is 5.77. The van der Waals surface area contributed by atoms with Crippen molar-refractivity contribution in [2.45, 2.75) is 50.1 Å². The molecule has 0 aliphatic heterocycles. The second-order valence-corrected chi connectivity index (χ2v) is 8.52. The van der Waals surface area contributed by atoms with Crippen LogP contribution in [0.4, 0.5) is 5.69 Å². The van der Waals surface area contributed by atoms with Crippen LogP contribution in [-0.2, 0) is 4.79 Å². The van der Waals surface area contributed by atoms with Gasteiger partial charge in [0.1, 0.15) is 0 Å². The summed E-state index contributed by atoms with van der Waals surface area (Å²) in [4.78, 5) is 16.9. The third kappa shape index (κ3) is 3.94. The molecule has 1 atom stereocenters. The highest BCUT2D eigenvalue weighted by atomic mass is 32.2. The normalized spacial score (nSPS) is 14.7. The van der Waals surface area contributed by atoms with Gasteiger partial charge in [0.2, 0.25) is 5.91 Å². The van der Waals surface area contributed by atoms with Crippen LogP contribution in [0.2, 0.25) is 0 Å². The molecule has 0 saturated heterocycles. The predicted octanol–water partition coefficient (Wildman–Crippen LogP) is 4.41. The first kappa shape index (κ1) is 18.7. The van der Waals surface area contributed by atoms with E-state index < -0.39 is 0 Å². The first-order valence-corrected chi connectivity index (χ1v) is 10.3. The third-order valence-electron chi connectivity index (χ3n) is 4.79. The molecule has 1 fully saturated rings. The smallest absolute Gasteiger partial charge is 0.237 e. The van der Waals surface area contributed by atoms with Crippen molar-refractivity contribution in [2.75, 3.05) is 5.32 Å². The van der Waals surface area contributed by atoms with Crippen molar-refractivity contribution in [1.82, 2.24) is 19.7 Å². The number of carbonyl (C=O) groups excluding carboxylic acids is 1. The van der Waals surface area contributed by atoms with E-state index in [2.05, 4.69) is 31.1 Å². The number of hydrogen-bond acceptors (Lipinski definition) is 5. The van der Waals surface area contributed by atoms with Crippen LogP contribution in [-0.4, -0.2) is 30.9 Å². The van der Waals surface area contributed by atoms with Crippen LogP contribution in [0.5, 0.6) is 0 Å². The van der Waals surface area contributed by atoms with Crippen molar-refractivity contribution in [2.24, 2.45) is 0 Å². The monoisotopic (exact) mass is 393 g/mol. The van der Waals surface area contributed by atoms with Crippen LogP contribution in [0, 0.1) is 13.8 Å². The summed E-state index contributed by atoms with van der Waals surface area (Å²) in [5.41, 5.74) is 4.04. The van der Waals surface area contributed by atoms with Gasteiger partial charge in [0, 0.05) is 29.7 Å². The number of aromatic nitrogens is 4. The fourth-order valence-electron chi connectivity index (χ4n) is 3.11. The summed E-state index contributed by atoms with van der Waals surface area (Å²) in [7, 11) is 0. The second-order valence-electron chi connectivity index (χ2n) is 7.22. The van der Waals surface area contributed by atoms with Crippen molar-refractivity contribution in [3.8, 4) is 11.4 Å². The Hall–Kier alpha value is -2.67. The zero-order valence-electron chi connectivity index (χ0n) is 16.2. The van der Waals surface area contributed by atoms with Crippen molar-refractivity contribution in [3.63, 3.8) is 0 Å². The molecule has 6 nitrogen and oxygen atoms in total. The molecule has 1 aromatic carbocycles. The summed E-state index contributed by atoms with van der Waals surface area (Å²) in [5.74, 6) is 0.783. The molecular formula is C21H23N5OS. The lowest BCUT2D eigenvalue weighted by atomic mass is 10.1. The standard InChI is InChI=1S/C21H23N5OS/c1-13-6-9-18(14(2)11-13)23-20(27)15(3)28-21-25-24-19(26(21)17-7-8-17)16-5-4-10-22-12-16/h4-6,9-12,15,17H,7-8H2,1-3H3,(H,23,27)/t15-/m1/s1. The van der Waals surface area contributed by atoms with Crippen LogP contribution in [0.15, 0.2) is 47.9 Å². The largest absolute Gasteiger partial charge is 0.325 e. The van der Waals surface area contributed by atoms with Gasteiger partial charge in [-0.3, -0.25) is 14.3 Å². The second kappa shape index (κ2) is 7.75. The molecule has 0 unspecified atom stereocenters. The average molecular weight is 394 g/mol. The van der Waals surface area contributed by atoms with Gasteiger partial charge in [-0.1, -0.05) is 29.5 Å². The predicted molar refractivity (Wildman–Crippen MR) is 111 cm³/mol. The van der Waals surface area contributed by atoms with E-state index in [1.807, 2.05) is 45.0 Å². The van der Waals surface area contributed by atoms with Crippen LogP contribution >= 0.6 is 11.8 Å². The van der Waals surface area contributed by atoms with E-state index in [4.69, 9.17) is 0 Å². The quantitative estimate of drug-likeness (QED) is 0.628. The first-order chi connectivity index (χ1) is 13.5. The lowest BCUT2D eigenvalue weighted by Crippen LogP contribution is -2.23. The zero-order valence-corrected chi connectivity index (χ0v) is 17.0. The van der Waals surface area contributed by atoms with Gasteiger partial charge in [0.25, 0.3) is 0 Å². The first-order valence-electron chi connectivity index (χ1n) is 9.43. The Morgan fingerprint density at radius 2 is 2.07 bits per heavy atom. The summed E-state index contributed by atoms with van der Waals surface area (Å²) in [5, 5.41) is 12.3. The molecule has 0 radical (unpaired) electrons. The molecule has 144 valence electrons. The van der Waals surface area contributed by atoms with Gasteiger partial charge in [0.15, 0.2) is 11.0 Å². The Morgan fingerprint density at radius 1 is 1.25 bits per heavy atom. The van der Waals surface area contributed by atoms with E-state index in [0.29, 0.717) is 6.04 Å². The fourth-order valence-corrected chi connectivity index (χ4v) is 4.03. The number of thioether (sulfide) groups is 1. The van der Waals surface area contributed by atoms with Gasteiger partial charge < -0.3 is 5.32 Å². The van der Waals surface area contributed by atoms with Gasteiger partial charge in [-0.2, -0.15) is 0 Å². The molecule has 3 aromatic rings. The number of nitrogens with one attached hydrogen (secondary N) is 1. The Labute approximate surface area is 168 Å². The topological polar surface area (TPSA) is 72.7 Å². The number of amides is 1. The van der Waals surface area contributed by atoms with E-state index in [1.165, 1.54) is 17.3 Å². The maximum Gasteiger partial charge on any atom is 0.237 e. The number of nitrogens with zero attached hydrogens (tertiary/aromatic N) is 4. The summed E-state index contributed by atoms with van der Waals surface area (Å²) >= 11 is 1.45. The molecule has 2 heterocycles. The van der Waals surface area contributed by atoms with Crippen molar-refractivity contribution in [3.05, 3.63) is 53.9 Å². The molecule has 0 bridgehead atoms. The lowest BCUT2D eigenvalue weighted by Gasteiger charge is -2.14. The Kier molecular flexibility index (Phi) is 5.17. The summed E-state index contributed by atoms with van der Waals surface area (Å²) < 4.78 is 2.16. The van der Waals surface area contributed by atoms with Crippen molar-refractivity contribution >= 4 is 23.4 Å². The molecule has 1 aliphatic carbocycles. The maximum absolute atomic E-state index is 12.7. The molecule has 1 aliphatic rings. The number of aryl methyl sites for hydroxylation is 2. The SMILES string of the molecule is Cc1ccc(NC(=O)[C@@H](C)Sc2nnc(-c3cccnc3)n2C2CC2)c(C)c1. The highest BCUT2D eigenvalue weighted by Gasteiger charge is 2.31. The molecular weight excluding hydrogens is 370 g/mol. The van der Waals surface area contributed by atoms with E-state index >= 15 is 0 Å². The molecule has 1 saturated carbocycles. The summed E-state index contributed by atoms with van der Waals surface area (Å²) in [6, 6.07) is 10.3. The van der Waals surface area contributed by atoms with E-state index in [-0.39, 0.29) is 11.2 Å². The van der Waals surface area contributed by atoms with Gasteiger partial charge in [-0.25, -0.2) is 0 Å². The number of anilines is 1. The van der Waals surface area contributed by atoms with E-state index in [0.717, 1.165) is 40.6 Å². The molecule has 1 N–H and O–H groups in total. The lowest BCUT2D eigenvalue weighted by molar-refractivity contribution is -0.115. The number of pyridine rings is 1.